The van der Waals surface area contributed by atoms with Gasteiger partial charge in [0.15, 0.2) is 0 Å². The van der Waals surface area contributed by atoms with Crippen LogP contribution in [0.3, 0.4) is 0 Å². The number of alkyl halides is 1. The minimum atomic E-state index is -3.54. The van der Waals surface area contributed by atoms with Crippen LogP contribution in [0.5, 0.6) is 0 Å². The number of halogens is 2. The Morgan fingerprint density at radius 1 is 1.50 bits per heavy atom. The molecular weight excluding hydrogens is 303 g/mol. The van der Waals surface area contributed by atoms with Crippen LogP contribution in [0.2, 0.25) is 0 Å². The molecule has 0 aliphatic heterocycles. The monoisotopic (exact) mass is 310 g/mol. The van der Waals surface area contributed by atoms with E-state index in [9.17, 15) is 17.6 Å². The van der Waals surface area contributed by atoms with E-state index in [1.165, 1.54) is 6.07 Å². The first kappa shape index (κ1) is 12.9. The fourth-order valence-electron chi connectivity index (χ4n) is 0.984. The molecule has 0 saturated heterocycles. The van der Waals surface area contributed by atoms with Crippen molar-refractivity contribution in [1.29, 1.82) is 0 Å². The minimum absolute atomic E-state index is 0.0784. The molecule has 88 valence electrons. The predicted molar refractivity (Wildman–Crippen MR) is 61.3 cm³/mol. The number of amides is 1. The van der Waals surface area contributed by atoms with E-state index in [1.807, 2.05) is 0 Å². The van der Waals surface area contributed by atoms with Gasteiger partial charge in [-0.15, -0.1) is 0 Å². The summed E-state index contributed by atoms with van der Waals surface area (Å²) in [4.78, 5) is 10.8. The van der Waals surface area contributed by atoms with Crippen LogP contribution in [-0.4, -0.2) is 19.0 Å². The third-order valence-corrected chi connectivity index (χ3v) is 4.29. The molecule has 0 aliphatic carbocycles. The Bertz CT molecular complexity index is 518. The van der Waals surface area contributed by atoms with Crippen molar-refractivity contribution < 1.29 is 17.6 Å². The van der Waals surface area contributed by atoms with Gasteiger partial charge < -0.3 is 5.73 Å². The van der Waals surface area contributed by atoms with Crippen LogP contribution in [0, 0.1) is 5.82 Å². The third-order valence-electron chi connectivity index (χ3n) is 1.65. The van der Waals surface area contributed by atoms with Crippen LogP contribution < -0.4 is 10.5 Å². The molecule has 5 nitrogen and oxygen atoms in total. The first-order valence-corrected chi connectivity index (χ1v) is 6.79. The lowest BCUT2D eigenvalue weighted by atomic mass is 10.2. The molecule has 1 aromatic carbocycles. The first-order valence-electron chi connectivity index (χ1n) is 4.01. The molecule has 0 saturated carbocycles. The number of carbonyl (C=O) groups excluding carboxylic acids is 1. The zero-order valence-electron chi connectivity index (χ0n) is 7.91. The molecular formula is C8H8BrFN2O3S. The van der Waals surface area contributed by atoms with Gasteiger partial charge >= 0.3 is 0 Å². The Morgan fingerprint density at radius 2 is 2.12 bits per heavy atom. The maximum atomic E-state index is 13.0. The lowest BCUT2D eigenvalue weighted by Gasteiger charge is -2.06. The van der Waals surface area contributed by atoms with Crippen LogP contribution in [0.4, 0.5) is 10.1 Å². The molecule has 0 fully saturated rings. The molecule has 1 rings (SSSR count). The molecule has 0 heterocycles. The standard InChI is InChI=1S/C8H8BrFN2O3S/c9-4-16(14,15)12-5-1-2-7(10)6(3-5)8(11)13/h1-3,12H,4H2,(H2,11,13). The predicted octanol–water partition coefficient (Wildman–Crippen LogP) is 1.02. The second-order valence-electron chi connectivity index (χ2n) is 2.88. The molecule has 0 atom stereocenters. The van der Waals surface area contributed by atoms with Crippen LogP contribution in [0.1, 0.15) is 10.4 Å². The molecule has 0 aliphatic rings. The largest absolute Gasteiger partial charge is 0.366 e. The maximum absolute atomic E-state index is 13.0. The Morgan fingerprint density at radius 3 is 2.62 bits per heavy atom. The van der Waals surface area contributed by atoms with Gasteiger partial charge in [0, 0.05) is 5.69 Å². The molecule has 1 aromatic rings. The van der Waals surface area contributed by atoms with Crippen molar-refractivity contribution in [2.75, 3.05) is 9.38 Å². The van der Waals surface area contributed by atoms with Crippen LogP contribution in [-0.2, 0) is 10.0 Å². The maximum Gasteiger partial charge on any atom is 0.251 e. The van der Waals surface area contributed by atoms with E-state index < -0.39 is 21.7 Å². The summed E-state index contributed by atoms with van der Waals surface area (Å²) in [5.41, 5.74) is 4.63. The van der Waals surface area contributed by atoms with Crippen LogP contribution in [0.15, 0.2) is 18.2 Å². The van der Waals surface area contributed by atoms with Crippen molar-refractivity contribution in [1.82, 2.24) is 0 Å². The average Bonchev–Trinajstić information content (AvgIpc) is 2.20. The highest BCUT2D eigenvalue weighted by Gasteiger charge is 2.12. The molecule has 0 radical (unpaired) electrons. The van der Waals surface area contributed by atoms with E-state index >= 15 is 0 Å². The number of hydrogen-bond donors (Lipinski definition) is 2. The topological polar surface area (TPSA) is 89.3 Å². The van der Waals surface area contributed by atoms with Crippen molar-refractivity contribution in [3.05, 3.63) is 29.6 Å². The number of carbonyl (C=O) groups is 1. The average molecular weight is 311 g/mol. The van der Waals surface area contributed by atoms with Gasteiger partial charge in [-0.2, -0.15) is 0 Å². The van der Waals surface area contributed by atoms with Gasteiger partial charge in [0.2, 0.25) is 10.0 Å². The fourth-order valence-corrected chi connectivity index (χ4v) is 1.87. The Kier molecular flexibility index (Phi) is 3.87. The lowest BCUT2D eigenvalue weighted by Crippen LogP contribution is -2.16. The zero-order valence-corrected chi connectivity index (χ0v) is 10.3. The summed E-state index contributed by atoms with van der Waals surface area (Å²) in [7, 11) is -3.54. The summed E-state index contributed by atoms with van der Waals surface area (Å²) in [5, 5.41) is 0. The van der Waals surface area contributed by atoms with Gasteiger partial charge in [-0.3, -0.25) is 9.52 Å². The van der Waals surface area contributed by atoms with E-state index in [-0.39, 0.29) is 15.9 Å². The Balaban J connectivity index is 3.09. The molecule has 8 heteroatoms. The SMILES string of the molecule is NC(=O)c1cc(NS(=O)(=O)CBr)ccc1F. The summed E-state index contributed by atoms with van der Waals surface area (Å²) in [6, 6.07) is 3.20. The first-order chi connectivity index (χ1) is 7.35. The van der Waals surface area contributed by atoms with E-state index in [4.69, 9.17) is 5.73 Å². The summed E-state index contributed by atoms with van der Waals surface area (Å²) >= 11 is 2.77. The van der Waals surface area contributed by atoms with E-state index in [0.29, 0.717) is 0 Å². The van der Waals surface area contributed by atoms with Crippen LogP contribution in [0.25, 0.3) is 0 Å². The third kappa shape index (κ3) is 3.17. The summed E-state index contributed by atoms with van der Waals surface area (Å²) in [6.07, 6.45) is 0. The summed E-state index contributed by atoms with van der Waals surface area (Å²) in [6.45, 7) is 0. The van der Waals surface area contributed by atoms with Crippen molar-refractivity contribution in [3.8, 4) is 0 Å². The molecule has 3 N–H and O–H groups in total. The second kappa shape index (κ2) is 4.79. The molecule has 0 spiro atoms. The van der Waals surface area contributed by atoms with Gasteiger partial charge in [-0.25, -0.2) is 12.8 Å². The van der Waals surface area contributed by atoms with Gasteiger partial charge in [0.25, 0.3) is 5.91 Å². The van der Waals surface area contributed by atoms with Gasteiger partial charge in [-0.05, 0) is 18.2 Å². The highest BCUT2D eigenvalue weighted by molar-refractivity contribution is 9.10. The summed E-state index contributed by atoms with van der Waals surface area (Å²) in [5.74, 6) is -1.76. The van der Waals surface area contributed by atoms with Gasteiger partial charge in [-0.1, -0.05) is 15.9 Å². The van der Waals surface area contributed by atoms with Crippen molar-refractivity contribution in [2.45, 2.75) is 0 Å². The van der Waals surface area contributed by atoms with E-state index in [2.05, 4.69) is 20.7 Å². The molecule has 0 aromatic heterocycles. The number of hydrogen-bond acceptors (Lipinski definition) is 3. The molecule has 0 bridgehead atoms. The number of anilines is 1. The number of rotatable bonds is 4. The van der Waals surface area contributed by atoms with Gasteiger partial charge in [0.1, 0.15) is 10.5 Å². The number of sulfonamides is 1. The Hall–Kier alpha value is -1.15. The van der Waals surface area contributed by atoms with Gasteiger partial charge in [0.05, 0.1) is 5.56 Å². The smallest absolute Gasteiger partial charge is 0.251 e. The second-order valence-corrected chi connectivity index (χ2v) is 5.91. The summed E-state index contributed by atoms with van der Waals surface area (Å²) < 4.78 is 37.2. The molecule has 16 heavy (non-hydrogen) atoms. The normalized spacial score (nSPS) is 11.1. The van der Waals surface area contributed by atoms with E-state index in [1.54, 1.807) is 0 Å². The number of benzene rings is 1. The number of nitrogens with two attached hydrogens (primary N) is 1. The molecule has 0 unspecified atom stereocenters. The van der Waals surface area contributed by atoms with E-state index in [0.717, 1.165) is 12.1 Å². The highest BCUT2D eigenvalue weighted by Crippen LogP contribution is 2.16. The number of primary amides is 1. The van der Waals surface area contributed by atoms with Crippen molar-refractivity contribution in [3.63, 3.8) is 0 Å². The van der Waals surface area contributed by atoms with Crippen LogP contribution >= 0.6 is 15.9 Å². The quantitative estimate of drug-likeness (QED) is 0.814. The fraction of sp³-hybridized carbons (Fsp3) is 0.125. The van der Waals surface area contributed by atoms with Crippen molar-refractivity contribution >= 4 is 37.5 Å². The Labute approximate surface area is 100 Å². The molecule has 1 amide bonds. The highest BCUT2D eigenvalue weighted by atomic mass is 79.9. The van der Waals surface area contributed by atoms with Crippen molar-refractivity contribution in [2.24, 2.45) is 5.73 Å². The number of nitrogens with one attached hydrogen (secondary N) is 1. The lowest BCUT2D eigenvalue weighted by molar-refractivity contribution is 0.0996. The zero-order chi connectivity index (χ0) is 12.3. The minimum Gasteiger partial charge on any atom is -0.366 e.